The van der Waals surface area contributed by atoms with Crippen LogP contribution in [0.5, 0.6) is 0 Å². The molecule has 0 saturated carbocycles. The third kappa shape index (κ3) is 3.36. The van der Waals surface area contributed by atoms with Crippen LogP contribution in [-0.2, 0) is 16.6 Å². The first-order valence-electron chi connectivity index (χ1n) is 4.65. The lowest BCUT2D eigenvalue weighted by molar-refractivity contribution is 0.364. The van der Waals surface area contributed by atoms with E-state index in [-0.39, 0.29) is 22.0 Å². The van der Waals surface area contributed by atoms with Crippen LogP contribution >= 0.6 is 11.6 Å². The van der Waals surface area contributed by atoms with Gasteiger partial charge in [-0.15, -0.1) is 4.83 Å². The molecule has 0 aromatic heterocycles. The monoisotopic (exact) mass is 281 g/mol. The molecule has 0 radical (unpaired) electrons. The maximum Gasteiger partial charge on any atom is 0.253 e. The number of hydrogen-bond acceptors (Lipinski definition) is 4. The molecule has 0 aliphatic carbocycles. The van der Waals surface area contributed by atoms with Gasteiger partial charge in [-0.25, -0.2) is 17.8 Å². The minimum absolute atomic E-state index is 0.0406. The van der Waals surface area contributed by atoms with Crippen molar-refractivity contribution in [3.05, 3.63) is 28.5 Å². The van der Waals surface area contributed by atoms with Crippen LogP contribution in [0.2, 0.25) is 5.02 Å². The summed E-state index contributed by atoms with van der Waals surface area (Å²) in [5, 5.41) is 1.08. The van der Waals surface area contributed by atoms with Crippen molar-refractivity contribution < 1.29 is 12.8 Å². The summed E-state index contributed by atoms with van der Waals surface area (Å²) in [5.74, 6) is -0.811. The van der Waals surface area contributed by atoms with Crippen LogP contribution in [-0.4, -0.2) is 27.5 Å². The number of rotatable bonds is 4. The highest BCUT2D eigenvalue weighted by molar-refractivity contribution is 7.89. The van der Waals surface area contributed by atoms with Gasteiger partial charge in [-0.1, -0.05) is 11.6 Å². The third-order valence-corrected chi connectivity index (χ3v) is 3.80. The summed E-state index contributed by atoms with van der Waals surface area (Å²) in [6, 6.07) is 2.10. The van der Waals surface area contributed by atoms with E-state index in [1.165, 1.54) is 25.2 Å². The van der Waals surface area contributed by atoms with Crippen LogP contribution in [0.25, 0.3) is 0 Å². The fraction of sp³-hybridized carbons (Fsp3) is 0.333. The summed E-state index contributed by atoms with van der Waals surface area (Å²) >= 11 is 5.64. The zero-order valence-electron chi connectivity index (χ0n) is 9.37. The van der Waals surface area contributed by atoms with Crippen LogP contribution in [0.1, 0.15) is 5.56 Å². The van der Waals surface area contributed by atoms with Crippen molar-refractivity contribution in [2.75, 3.05) is 14.1 Å². The van der Waals surface area contributed by atoms with E-state index in [1.807, 2.05) is 0 Å². The lowest BCUT2D eigenvalue weighted by atomic mass is 10.2. The Balaban J connectivity index is 3.29. The Labute approximate surface area is 104 Å². The van der Waals surface area contributed by atoms with Gasteiger partial charge >= 0.3 is 0 Å². The Morgan fingerprint density at radius 1 is 1.47 bits per heavy atom. The minimum Gasteiger partial charge on any atom is -0.326 e. The van der Waals surface area contributed by atoms with Gasteiger partial charge in [0.15, 0.2) is 0 Å². The molecular weight excluding hydrogens is 269 g/mol. The van der Waals surface area contributed by atoms with E-state index in [2.05, 4.69) is 4.83 Å². The maximum atomic E-state index is 13.4. The predicted molar refractivity (Wildman–Crippen MR) is 63.3 cm³/mol. The van der Waals surface area contributed by atoms with Crippen LogP contribution in [0.4, 0.5) is 4.39 Å². The molecule has 1 aromatic carbocycles. The molecule has 1 rings (SSSR count). The number of halogens is 2. The van der Waals surface area contributed by atoms with E-state index < -0.39 is 15.8 Å². The zero-order chi connectivity index (χ0) is 13.2. The molecule has 1 aromatic rings. The number of hydrogen-bond donors (Lipinski definition) is 2. The summed E-state index contributed by atoms with van der Waals surface area (Å²) in [7, 11) is -0.794. The van der Waals surface area contributed by atoms with Gasteiger partial charge < -0.3 is 5.73 Å². The van der Waals surface area contributed by atoms with Crippen molar-refractivity contribution >= 4 is 21.6 Å². The summed E-state index contributed by atoms with van der Waals surface area (Å²) in [4.78, 5) is 1.97. The largest absolute Gasteiger partial charge is 0.326 e. The molecule has 0 bridgehead atoms. The van der Waals surface area contributed by atoms with Crippen LogP contribution in [0.3, 0.4) is 0 Å². The Kier molecular flexibility index (Phi) is 4.45. The quantitative estimate of drug-likeness (QED) is 0.797. The van der Waals surface area contributed by atoms with Crippen LogP contribution in [0.15, 0.2) is 17.0 Å². The van der Waals surface area contributed by atoms with Crippen LogP contribution in [0, 0.1) is 5.82 Å². The Hall–Kier alpha value is -0.730. The number of nitrogens with two attached hydrogens (primary N) is 1. The molecule has 0 unspecified atom stereocenters. The maximum absolute atomic E-state index is 13.4. The van der Waals surface area contributed by atoms with E-state index >= 15 is 0 Å². The molecule has 0 aliphatic rings. The molecule has 0 atom stereocenters. The lowest BCUT2D eigenvalue weighted by Gasteiger charge is -2.13. The summed E-state index contributed by atoms with van der Waals surface area (Å²) in [6.45, 7) is -0.0406. The lowest BCUT2D eigenvalue weighted by Crippen LogP contribution is -2.36. The van der Waals surface area contributed by atoms with E-state index in [0.29, 0.717) is 0 Å². The Morgan fingerprint density at radius 2 is 2.06 bits per heavy atom. The smallest absolute Gasteiger partial charge is 0.253 e. The molecule has 0 fully saturated rings. The molecule has 0 heterocycles. The van der Waals surface area contributed by atoms with Crippen molar-refractivity contribution in [2.45, 2.75) is 11.4 Å². The highest BCUT2D eigenvalue weighted by atomic mass is 35.5. The van der Waals surface area contributed by atoms with E-state index in [0.717, 1.165) is 6.07 Å². The topological polar surface area (TPSA) is 75.4 Å². The number of nitrogens with zero attached hydrogens (tertiary/aromatic N) is 1. The molecule has 17 heavy (non-hydrogen) atoms. The number of sulfonamides is 1. The first-order valence-corrected chi connectivity index (χ1v) is 6.52. The third-order valence-electron chi connectivity index (χ3n) is 1.91. The minimum atomic E-state index is -3.81. The van der Waals surface area contributed by atoms with Crippen molar-refractivity contribution in [1.82, 2.24) is 9.84 Å². The fourth-order valence-corrected chi connectivity index (χ4v) is 2.54. The van der Waals surface area contributed by atoms with Gasteiger partial charge in [-0.3, -0.25) is 0 Å². The van der Waals surface area contributed by atoms with Gasteiger partial charge in [0.1, 0.15) is 5.82 Å². The number of benzene rings is 1. The summed E-state index contributed by atoms with van der Waals surface area (Å²) in [5.41, 5.74) is 5.60. The van der Waals surface area contributed by atoms with E-state index in [1.54, 1.807) is 0 Å². The van der Waals surface area contributed by atoms with Crippen molar-refractivity contribution in [3.63, 3.8) is 0 Å². The second-order valence-electron chi connectivity index (χ2n) is 3.57. The van der Waals surface area contributed by atoms with Gasteiger partial charge in [0.2, 0.25) is 0 Å². The molecule has 8 heteroatoms. The Bertz CT molecular complexity index is 519. The number of hydrazine groups is 1. The van der Waals surface area contributed by atoms with Crippen molar-refractivity contribution in [2.24, 2.45) is 5.73 Å². The SMILES string of the molecule is CN(C)NS(=O)(=O)c1cc(F)c(Cl)c(CN)c1. The highest BCUT2D eigenvalue weighted by Crippen LogP contribution is 2.24. The van der Waals surface area contributed by atoms with E-state index in [9.17, 15) is 12.8 Å². The molecule has 0 aliphatic heterocycles. The average molecular weight is 282 g/mol. The molecule has 5 nitrogen and oxygen atoms in total. The van der Waals surface area contributed by atoms with Gasteiger partial charge in [0, 0.05) is 20.6 Å². The Morgan fingerprint density at radius 3 is 2.53 bits per heavy atom. The molecule has 0 saturated heterocycles. The van der Waals surface area contributed by atoms with Crippen molar-refractivity contribution in [3.8, 4) is 0 Å². The van der Waals surface area contributed by atoms with Crippen molar-refractivity contribution in [1.29, 1.82) is 0 Å². The summed E-state index contributed by atoms with van der Waals surface area (Å²) in [6.07, 6.45) is 0. The van der Waals surface area contributed by atoms with Gasteiger partial charge in [-0.2, -0.15) is 0 Å². The average Bonchev–Trinajstić information content (AvgIpc) is 2.19. The second-order valence-corrected chi connectivity index (χ2v) is 5.61. The van der Waals surface area contributed by atoms with Gasteiger partial charge in [-0.05, 0) is 17.7 Å². The first-order chi connectivity index (χ1) is 7.77. The molecule has 3 N–H and O–H groups in total. The summed E-state index contributed by atoms with van der Waals surface area (Å²) < 4.78 is 36.9. The standard InChI is InChI=1S/C9H13ClFN3O2S/c1-14(2)13-17(15,16)7-3-6(5-12)9(10)8(11)4-7/h3-4,13H,5,12H2,1-2H3. The second kappa shape index (κ2) is 5.28. The molecule has 0 spiro atoms. The van der Waals surface area contributed by atoms with Gasteiger partial charge in [0.05, 0.1) is 9.92 Å². The molecule has 0 amide bonds. The van der Waals surface area contributed by atoms with E-state index in [4.69, 9.17) is 17.3 Å². The van der Waals surface area contributed by atoms with Gasteiger partial charge in [0.25, 0.3) is 10.0 Å². The molecule has 96 valence electrons. The predicted octanol–water partition coefficient (Wildman–Crippen LogP) is 0.693. The zero-order valence-corrected chi connectivity index (χ0v) is 10.9. The molecular formula is C9H13ClFN3O2S. The fourth-order valence-electron chi connectivity index (χ4n) is 1.22. The highest BCUT2D eigenvalue weighted by Gasteiger charge is 2.19. The number of nitrogens with one attached hydrogen (secondary N) is 1. The first kappa shape index (κ1) is 14.3. The normalized spacial score (nSPS) is 12.1. The van der Waals surface area contributed by atoms with Crippen LogP contribution < -0.4 is 10.6 Å².